The smallest absolute Gasteiger partial charge is 0.396 e. The highest BCUT2D eigenvalue weighted by Crippen LogP contribution is 2.34. The Morgan fingerprint density at radius 3 is 2.61 bits per heavy atom. The van der Waals surface area contributed by atoms with E-state index >= 15 is 0 Å². The first kappa shape index (κ1) is 14.1. The molecular formula is C12H20F3NO2. The molecule has 2 fully saturated rings. The second-order valence-electron chi connectivity index (χ2n) is 5.22. The Morgan fingerprint density at radius 2 is 2.06 bits per heavy atom. The second kappa shape index (κ2) is 5.75. The van der Waals surface area contributed by atoms with Crippen molar-refractivity contribution in [3.8, 4) is 0 Å². The number of aliphatic hydroxyl groups excluding tert-OH is 1. The van der Waals surface area contributed by atoms with Crippen molar-refractivity contribution >= 4 is 0 Å². The fourth-order valence-electron chi connectivity index (χ4n) is 3.00. The van der Waals surface area contributed by atoms with Crippen molar-refractivity contribution in [1.82, 2.24) is 4.90 Å². The number of hydrogen-bond donors (Lipinski definition) is 1. The van der Waals surface area contributed by atoms with Gasteiger partial charge in [0.1, 0.15) is 6.04 Å². The number of likely N-dealkylation sites (tertiary alicyclic amines) is 1. The largest absolute Gasteiger partial charge is 0.406 e. The third-order valence-electron chi connectivity index (χ3n) is 3.85. The van der Waals surface area contributed by atoms with Crippen molar-refractivity contribution in [2.75, 3.05) is 26.3 Å². The van der Waals surface area contributed by atoms with Crippen LogP contribution in [0.2, 0.25) is 0 Å². The van der Waals surface area contributed by atoms with Gasteiger partial charge in [-0.25, -0.2) is 0 Å². The summed E-state index contributed by atoms with van der Waals surface area (Å²) in [5.41, 5.74) is 0. The molecule has 0 saturated carbocycles. The first-order chi connectivity index (χ1) is 8.52. The van der Waals surface area contributed by atoms with E-state index in [9.17, 15) is 13.2 Å². The predicted octanol–water partition coefficient (Wildman–Crippen LogP) is 1.80. The topological polar surface area (TPSA) is 32.7 Å². The maximum atomic E-state index is 13.2. The summed E-state index contributed by atoms with van der Waals surface area (Å²) < 4.78 is 44.8. The molecule has 2 saturated heterocycles. The number of nitrogens with zero attached hydrogens (tertiary/aromatic N) is 1. The van der Waals surface area contributed by atoms with Crippen molar-refractivity contribution in [1.29, 1.82) is 0 Å². The van der Waals surface area contributed by atoms with Crippen molar-refractivity contribution in [2.45, 2.75) is 44.0 Å². The van der Waals surface area contributed by atoms with E-state index in [0.717, 1.165) is 6.42 Å². The molecule has 0 spiro atoms. The molecule has 0 aromatic heterocycles. The Kier molecular flexibility index (Phi) is 4.50. The summed E-state index contributed by atoms with van der Waals surface area (Å²) in [7, 11) is 0. The summed E-state index contributed by atoms with van der Waals surface area (Å²) in [5.74, 6) is -0.0370. The molecule has 2 heterocycles. The summed E-state index contributed by atoms with van der Waals surface area (Å²) in [4.78, 5) is 1.46. The summed E-state index contributed by atoms with van der Waals surface area (Å²) >= 11 is 0. The van der Waals surface area contributed by atoms with Crippen LogP contribution in [-0.2, 0) is 4.74 Å². The van der Waals surface area contributed by atoms with Crippen molar-refractivity contribution < 1.29 is 23.0 Å². The van der Waals surface area contributed by atoms with Gasteiger partial charge in [0, 0.05) is 19.8 Å². The van der Waals surface area contributed by atoms with E-state index < -0.39 is 18.3 Å². The van der Waals surface area contributed by atoms with Gasteiger partial charge in [-0.15, -0.1) is 0 Å². The van der Waals surface area contributed by atoms with Crippen LogP contribution in [0.5, 0.6) is 0 Å². The quantitative estimate of drug-likeness (QED) is 0.846. The summed E-state index contributed by atoms with van der Waals surface area (Å²) in [6.45, 7) is 1.15. The van der Waals surface area contributed by atoms with Crippen LogP contribution in [-0.4, -0.2) is 54.6 Å². The van der Waals surface area contributed by atoms with Crippen LogP contribution in [0.1, 0.15) is 25.7 Å². The average molecular weight is 267 g/mol. The van der Waals surface area contributed by atoms with Gasteiger partial charge in [-0.1, -0.05) is 0 Å². The van der Waals surface area contributed by atoms with Gasteiger partial charge in [-0.05, 0) is 38.1 Å². The first-order valence-electron chi connectivity index (χ1n) is 6.55. The summed E-state index contributed by atoms with van der Waals surface area (Å²) in [5, 5.41) is 9.12. The van der Waals surface area contributed by atoms with Gasteiger partial charge < -0.3 is 9.84 Å². The van der Waals surface area contributed by atoms with E-state index in [0.29, 0.717) is 39.0 Å². The zero-order chi connectivity index (χ0) is 13.2. The van der Waals surface area contributed by atoms with E-state index in [2.05, 4.69) is 0 Å². The first-order valence-corrected chi connectivity index (χ1v) is 6.55. The second-order valence-corrected chi connectivity index (χ2v) is 5.22. The number of alkyl halides is 3. The fourth-order valence-corrected chi connectivity index (χ4v) is 3.00. The van der Waals surface area contributed by atoms with E-state index in [1.54, 1.807) is 0 Å². The third-order valence-corrected chi connectivity index (χ3v) is 3.85. The van der Waals surface area contributed by atoms with Gasteiger partial charge in [0.15, 0.2) is 0 Å². The normalized spacial score (nSPS) is 32.7. The highest BCUT2D eigenvalue weighted by Gasteiger charge is 2.50. The lowest BCUT2D eigenvalue weighted by atomic mass is 9.95. The van der Waals surface area contributed by atoms with Crippen LogP contribution in [0.4, 0.5) is 13.2 Å². The average Bonchev–Trinajstić information content (AvgIpc) is 2.81. The molecule has 0 aromatic rings. The lowest BCUT2D eigenvalue weighted by Gasteiger charge is -2.40. The Labute approximate surface area is 105 Å². The van der Waals surface area contributed by atoms with E-state index in [-0.39, 0.29) is 12.5 Å². The molecular weight excluding hydrogens is 247 g/mol. The summed E-state index contributed by atoms with van der Waals surface area (Å²) in [6, 6.07) is -1.51. The molecule has 6 heteroatoms. The third kappa shape index (κ3) is 3.16. The number of ether oxygens (including phenoxy) is 1. The Balaban J connectivity index is 2.07. The van der Waals surface area contributed by atoms with Gasteiger partial charge >= 0.3 is 6.18 Å². The monoisotopic (exact) mass is 267 g/mol. The molecule has 0 aliphatic carbocycles. The van der Waals surface area contributed by atoms with Crippen LogP contribution >= 0.6 is 0 Å². The molecule has 0 amide bonds. The molecule has 0 aromatic carbocycles. The zero-order valence-corrected chi connectivity index (χ0v) is 10.3. The molecule has 2 aliphatic rings. The molecule has 2 rings (SSSR count). The molecule has 3 unspecified atom stereocenters. The lowest BCUT2D eigenvalue weighted by molar-refractivity contribution is -0.214. The number of halogens is 3. The minimum atomic E-state index is -4.26. The van der Waals surface area contributed by atoms with E-state index in [4.69, 9.17) is 9.84 Å². The Hall–Kier alpha value is -0.330. The van der Waals surface area contributed by atoms with Gasteiger partial charge in [-0.3, -0.25) is 4.90 Å². The molecule has 0 radical (unpaired) electrons. The van der Waals surface area contributed by atoms with Crippen molar-refractivity contribution in [3.05, 3.63) is 0 Å². The summed E-state index contributed by atoms with van der Waals surface area (Å²) in [6.07, 6.45) is -2.29. The van der Waals surface area contributed by atoms with Gasteiger partial charge in [0.25, 0.3) is 0 Å². The molecule has 1 N–H and O–H groups in total. The standard InChI is InChI=1S/C12H20F3NO2/c13-12(14,15)11(10-4-2-6-18-10)16-5-1-3-9(7-16)8-17/h9-11,17H,1-8H2. The van der Waals surface area contributed by atoms with Crippen molar-refractivity contribution in [3.63, 3.8) is 0 Å². The van der Waals surface area contributed by atoms with Gasteiger partial charge in [0.05, 0.1) is 6.10 Å². The van der Waals surface area contributed by atoms with E-state index in [1.807, 2.05) is 0 Å². The van der Waals surface area contributed by atoms with Crippen LogP contribution < -0.4 is 0 Å². The lowest BCUT2D eigenvalue weighted by Crippen LogP contribution is -2.56. The Morgan fingerprint density at radius 1 is 1.28 bits per heavy atom. The van der Waals surface area contributed by atoms with Gasteiger partial charge in [0.2, 0.25) is 0 Å². The highest BCUT2D eigenvalue weighted by atomic mass is 19.4. The molecule has 2 aliphatic heterocycles. The molecule has 3 nitrogen and oxygen atoms in total. The highest BCUT2D eigenvalue weighted by molar-refractivity contribution is 4.91. The SMILES string of the molecule is OCC1CCCN(C(C2CCCO2)C(F)(F)F)C1. The molecule has 0 bridgehead atoms. The Bertz CT molecular complexity index is 267. The van der Waals surface area contributed by atoms with Crippen LogP contribution in [0.3, 0.4) is 0 Å². The number of hydrogen-bond acceptors (Lipinski definition) is 3. The van der Waals surface area contributed by atoms with Crippen LogP contribution in [0, 0.1) is 5.92 Å². The predicted molar refractivity (Wildman–Crippen MR) is 60.2 cm³/mol. The molecule has 106 valence electrons. The van der Waals surface area contributed by atoms with Crippen LogP contribution in [0.25, 0.3) is 0 Å². The van der Waals surface area contributed by atoms with Crippen molar-refractivity contribution in [2.24, 2.45) is 5.92 Å². The minimum absolute atomic E-state index is 0.0351. The zero-order valence-electron chi connectivity index (χ0n) is 10.3. The number of aliphatic hydroxyl groups is 1. The van der Waals surface area contributed by atoms with Gasteiger partial charge in [-0.2, -0.15) is 13.2 Å². The minimum Gasteiger partial charge on any atom is -0.396 e. The molecule has 3 atom stereocenters. The maximum absolute atomic E-state index is 13.2. The molecule has 18 heavy (non-hydrogen) atoms. The fraction of sp³-hybridized carbons (Fsp3) is 1.00. The number of rotatable bonds is 3. The van der Waals surface area contributed by atoms with E-state index in [1.165, 1.54) is 4.90 Å². The van der Waals surface area contributed by atoms with Crippen LogP contribution in [0.15, 0.2) is 0 Å². The maximum Gasteiger partial charge on any atom is 0.406 e. The number of piperidine rings is 1.